The molecule has 1 aromatic heterocycles. The number of fused-ring (bicyclic) bond motifs is 5. The van der Waals surface area contributed by atoms with E-state index in [1.165, 1.54) is 12.1 Å². The van der Waals surface area contributed by atoms with Crippen LogP contribution >= 0.6 is 0 Å². The Balaban J connectivity index is 1.36. The quantitative estimate of drug-likeness (QED) is 0.539. The molecule has 4 aliphatic rings. The van der Waals surface area contributed by atoms with E-state index in [1.54, 1.807) is 0 Å². The fourth-order valence-corrected chi connectivity index (χ4v) is 6.27. The smallest absolute Gasteiger partial charge is 0.235 e. The fraction of sp³-hybridized carbons (Fsp3) is 0.407. The Kier molecular flexibility index (Phi) is 4.29. The van der Waals surface area contributed by atoms with Crippen LogP contribution in [0.25, 0.3) is 10.9 Å². The van der Waals surface area contributed by atoms with Gasteiger partial charge in [0.05, 0.1) is 41.6 Å². The minimum absolute atomic E-state index is 0.110. The molecule has 35 heavy (non-hydrogen) atoms. The number of nitrogens with one attached hydrogen (secondary N) is 1. The van der Waals surface area contributed by atoms with Crippen molar-refractivity contribution < 1.29 is 18.3 Å². The van der Waals surface area contributed by atoms with Crippen LogP contribution < -0.4 is 16.0 Å². The minimum Gasteiger partial charge on any atom is -0.383 e. The first kappa shape index (κ1) is 21.1. The summed E-state index contributed by atoms with van der Waals surface area (Å²) < 4.78 is 36.4. The van der Waals surface area contributed by atoms with Gasteiger partial charge in [-0.05, 0) is 60.4 Å². The summed E-state index contributed by atoms with van der Waals surface area (Å²) in [7, 11) is 0. The maximum Gasteiger partial charge on any atom is 0.235 e. The Labute approximate surface area is 201 Å². The van der Waals surface area contributed by atoms with Gasteiger partial charge < -0.3 is 20.7 Å². The second-order valence-corrected chi connectivity index (χ2v) is 10.6. The van der Waals surface area contributed by atoms with Crippen LogP contribution in [-0.4, -0.2) is 17.4 Å². The van der Waals surface area contributed by atoms with Gasteiger partial charge in [0.15, 0.2) is 0 Å². The lowest BCUT2D eigenvalue weighted by molar-refractivity contribution is -0.117. The van der Waals surface area contributed by atoms with E-state index >= 15 is 8.78 Å². The molecule has 8 heteroatoms. The number of nitrogens with two attached hydrogens (primary N) is 1. The number of carbonyl (C=O) groups is 1. The lowest BCUT2D eigenvalue weighted by atomic mass is 9.86. The number of nitrogen functional groups attached to an aromatic ring is 1. The number of rotatable bonds is 2. The molecule has 1 saturated heterocycles. The molecule has 4 heterocycles. The SMILES string of the molecule is C[C@H]1CCC(c2cc(F)c3c(c2)C2(CC2)C(=O)N3)N(c2cc3c4c(c(N)nc3cc2F)COC4)C1. The van der Waals surface area contributed by atoms with Crippen LogP contribution in [0.3, 0.4) is 0 Å². The predicted molar refractivity (Wildman–Crippen MR) is 129 cm³/mol. The van der Waals surface area contributed by atoms with Crippen LogP contribution in [0.1, 0.15) is 60.9 Å². The van der Waals surface area contributed by atoms with Gasteiger partial charge >= 0.3 is 0 Å². The Morgan fingerprint density at radius 2 is 1.91 bits per heavy atom. The molecule has 1 aliphatic carbocycles. The average molecular weight is 477 g/mol. The molecule has 1 saturated carbocycles. The first-order valence-electron chi connectivity index (χ1n) is 12.3. The van der Waals surface area contributed by atoms with Crippen molar-refractivity contribution in [1.29, 1.82) is 0 Å². The lowest BCUT2D eigenvalue weighted by Crippen LogP contribution is -2.38. The second-order valence-electron chi connectivity index (χ2n) is 10.6. The van der Waals surface area contributed by atoms with Gasteiger partial charge in [-0.3, -0.25) is 4.79 Å². The van der Waals surface area contributed by atoms with Crippen molar-refractivity contribution in [2.24, 2.45) is 5.92 Å². The van der Waals surface area contributed by atoms with Crippen LogP contribution in [-0.2, 0) is 28.2 Å². The summed E-state index contributed by atoms with van der Waals surface area (Å²) in [5.41, 5.74) is 10.2. The van der Waals surface area contributed by atoms with E-state index in [1.807, 2.05) is 12.1 Å². The molecule has 3 N–H and O–H groups in total. The van der Waals surface area contributed by atoms with Crippen LogP contribution in [0.5, 0.6) is 0 Å². The lowest BCUT2D eigenvalue weighted by Gasteiger charge is -2.41. The summed E-state index contributed by atoms with van der Waals surface area (Å²) in [6.07, 6.45) is 3.21. The number of nitrogens with zero attached hydrogens (tertiary/aromatic N) is 2. The summed E-state index contributed by atoms with van der Waals surface area (Å²) in [5, 5.41) is 3.58. The predicted octanol–water partition coefficient (Wildman–Crippen LogP) is 5.09. The van der Waals surface area contributed by atoms with Crippen molar-refractivity contribution in [1.82, 2.24) is 4.98 Å². The molecule has 2 fully saturated rings. The summed E-state index contributed by atoms with van der Waals surface area (Å²) in [5.74, 6) is -0.160. The summed E-state index contributed by atoms with van der Waals surface area (Å²) in [6.45, 7) is 3.63. The average Bonchev–Trinajstić information content (AvgIpc) is 3.39. The van der Waals surface area contributed by atoms with Crippen molar-refractivity contribution in [2.75, 3.05) is 22.5 Å². The van der Waals surface area contributed by atoms with Crippen molar-refractivity contribution in [3.63, 3.8) is 0 Å². The second kappa shape index (κ2) is 7.13. The van der Waals surface area contributed by atoms with Gasteiger partial charge in [0.1, 0.15) is 17.5 Å². The van der Waals surface area contributed by atoms with E-state index in [2.05, 4.69) is 22.1 Å². The first-order chi connectivity index (χ1) is 16.9. The van der Waals surface area contributed by atoms with Gasteiger partial charge in [0.25, 0.3) is 0 Å². The standard InChI is InChI=1S/C27H26F2N4O2/c1-13-2-3-22(14-6-18-24(20(29)7-14)32-26(34)27(18)4-5-27)33(10-13)23-8-15-16-11-35-12-17(16)25(30)31-21(15)9-19(23)28/h6-9,13,22H,2-5,10-12H2,1H3,(H2,30,31)(H,32,34)/t13-,22?/m0/s1. The minimum atomic E-state index is -0.584. The highest BCUT2D eigenvalue weighted by molar-refractivity contribution is 6.08. The molecule has 180 valence electrons. The van der Waals surface area contributed by atoms with E-state index < -0.39 is 11.2 Å². The molecule has 2 aromatic carbocycles. The number of anilines is 3. The van der Waals surface area contributed by atoms with Gasteiger partial charge in [-0.25, -0.2) is 13.8 Å². The molecule has 0 radical (unpaired) electrons. The summed E-state index contributed by atoms with van der Waals surface area (Å²) in [4.78, 5) is 19.0. The van der Waals surface area contributed by atoms with Crippen LogP contribution in [0.15, 0.2) is 24.3 Å². The number of pyridine rings is 1. The molecule has 7 rings (SSSR count). The molecule has 6 nitrogen and oxygen atoms in total. The molecule has 3 aliphatic heterocycles. The highest BCUT2D eigenvalue weighted by Crippen LogP contribution is 2.56. The van der Waals surface area contributed by atoms with Crippen LogP contribution in [0.2, 0.25) is 0 Å². The number of aromatic nitrogens is 1. The molecule has 2 atom stereocenters. The fourth-order valence-electron chi connectivity index (χ4n) is 6.27. The molecule has 0 bridgehead atoms. The van der Waals surface area contributed by atoms with Crippen LogP contribution in [0.4, 0.5) is 26.0 Å². The number of hydrogen-bond donors (Lipinski definition) is 2. The largest absolute Gasteiger partial charge is 0.383 e. The molecule has 1 amide bonds. The topological polar surface area (TPSA) is 80.5 Å². The summed E-state index contributed by atoms with van der Waals surface area (Å²) >= 11 is 0. The Bertz CT molecular complexity index is 1430. The van der Waals surface area contributed by atoms with E-state index in [0.717, 1.165) is 53.3 Å². The zero-order valence-electron chi connectivity index (χ0n) is 19.5. The zero-order chi connectivity index (χ0) is 24.1. The molecular weight excluding hydrogens is 450 g/mol. The normalized spacial score (nSPS) is 24.1. The third-order valence-corrected chi connectivity index (χ3v) is 8.36. The molecule has 3 aromatic rings. The van der Waals surface area contributed by atoms with Gasteiger partial charge in [0, 0.05) is 23.6 Å². The number of amides is 1. The number of halogens is 2. The van der Waals surface area contributed by atoms with Crippen molar-refractivity contribution in [3.8, 4) is 0 Å². The van der Waals surface area contributed by atoms with Gasteiger partial charge in [-0.15, -0.1) is 0 Å². The third-order valence-electron chi connectivity index (χ3n) is 8.36. The van der Waals surface area contributed by atoms with Crippen molar-refractivity contribution in [2.45, 2.75) is 57.3 Å². The Morgan fingerprint density at radius 1 is 1.11 bits per heavy atom. The monoisotopic (exact) mass is 476 g/mol. The summed E-state index contributed by atoms with van der Waals surface area (Å²) in [6, 6.07) is 6.59. The number of carbonyl (C=O) groups excluding carboxylic acids is 1. The number of ether oxygens (including phenoxy) is 1. The molecule has 1 unspecified atom stereocenters. The van der Waals surface area contributed by atoms with Crippen molar-refractivity contribution >= 4 is 34.0 Å². The number of hydrogen-bond acceptors (Lipinski definition) is 5. The third kappa shape index (κ3) is 2.95. The first-order valence-corrected chi connectivity index (χ1v) is 12.3. The maximum absolute atomic E-state index is 15.6. The molecular formula is C27H26F2N4O2. The van der Waals surface area contributed by atoms with Gasteiger partial charge in [-0.2, -0.15) is 0 Å². The Hall–Kier alpha value is -3.26. The van der Waals surface area contributed by atoms with E-state index in [-0.39, 0.29) is 17.8 Å². The van der Waals surface area contributed by atoms with Gasteiger partial charge in [-0.1, -0.05) is 13.0 Å². The zero-order valence-corrected chi connectivity index (χ0v) is 19.5. The van der Waals surface area contributed by atoms with E-state index in [9.17, 15) is 4.79 Å². The highest BCUT2D eigenvalue weighted by Gasteiger charge is 2.57. The van der Waals surface area contributed by atoms with E-state index in [4.69, 9.17) is 10.5 Å². The van der Waals surface area contributed by atoms with E-state index in [0.29, 0.717) is 48.4 Å². The molecule has 1 spiro atoms. The Morgan fingerprint density at radius 3 is 2.71 bits per heavy atom. The highest BCUT2D eigenvalue weighted by atomic mass is 19.1. The maximum atomic E-state index is 15.6. The van der Waals surface area contributed by atoms with Crippen LogP contribution in [0, 0.1) is 17.6 Å². The van der Waals surface area contributed by atoms with Gasteiger partial charge in [0.2, 0.25) is 5.91 Å². The number of benzene rings is 2. The van der Waals surface area contributed by atoms with Crippen molar-refractivity contribution in [3.05, 3.63) is 58.2 Å². The number of piperidine rings is 1.